The lowest BCUT2D eigenvalue weighted by molar-refractivity contribution is 0.463. The first-order valence-electron chi connectivity index (χ1n) is 48.7. The van der Waals surface area contributed by atoms with Crippen LogP contribution in [0.25, 0.3) is 11.1 Å². The summed E-state index contributed by atoms with van der Waals surface area (Å²) in [5.41, 5.74) is 28.3. The van der Waals surface area contributed by atoms with Crippen LogP contribution in [0.2, 0.25) is 0 Å². The Balaban J connectivity index is 0.0000000920. The third-order valence-corrected chi connectivity index (χ3v) is 29.8. The van der Waals surface area contributed by atoms with Gasteiger partial charge in [0.15, 0.2) is 23.0 Å². The lowest BCUT2D eigenvalue weighted by Gasteiger charge is -2.36. The molecule has 21 aromatic rings. The van der Waals surface area contributed by atoms with Gasteiger partial charge in [-0.1, -0.05) is 279 Å². The fourth-order valence-electron chi connectivity index (χ4n) is 22.4. The van der Waals surface area contributed by atoms with Gasteiger partial charge >= 0.3 is 0 Å². The van der Waals surface area contributed by atoms with Crippen LogP contribution in [0.15, 0.2) is 483 Å². The van der Waals surface area contributed by atoms with Crippen molar-refractivity contribution in [3.05, 3.63) is 473 Å². The topological polar surface area (TPSA) is 105 Å². The summed E-state index contributed by atoms with van der Waals surface area (Å²) in [6.45, 7) is 0.303. The van der Waals surface area contributed by atoms with E-state index in [0.717, 1.165) is 227 Å². The van der Waals surface area contributed by atoms with Gasteiger partial charge in [0.1, 0.15) is 92.0 Å². The van der Waals surface area contributed by atoms with Crippen molar-refractivity contribution in [2.45, 2.75) is 9.79 Å². The molecule has 0 unspecified atom stereocenters. The quantitative estimate of drug-likeness (QED) is 0.141. The average molecular weight is 1880 g/mol. The molecule has 32 rings (SSSR count). The summed E-state index contributed by atoms with van der Waals surface area (Å²) in [6, 6.07) is 163. The van der Waals surface area contributed by atoms with Crippen molar-refractivity contribution in [2.24, 2.45) is 0 Å². The Labute approximate surface area is 842 Å². The van der Waals surface area contributed by atoms with Gasteiger partial charge in [-0.15, -0.1) is 0 Å². The summed E-state index contributed by atoms with van der Waals surface area (Å²) in [6.07, 6.45) is 0. The number of hydrogen-bond acceptors (Lipinski definition) is 15. The van der Waals surface area contributed by atoms with Crippen LogP contribution in [0.1, 0.15) is 0 Å². The molecule has 0 saturated heterocycles. The number of anilines is 12. The second-order valence-corrected chi connectivity index (χ2v) is 38.1. The summed E-state index contributed by atoms with van der Waals surface area (Å²) in [7, 11) is 0. The van der Waals surface area contributed by atoms with Crippen LogP contribution in [-0.2, 0) is 0 Å². The van der Waals surface area contributed by atoms with E-state index in [1.807, 2.05) is 157 Å². The summed E-state index contributed by atoms with van der Waals surface area (Å²) >= 11 is 1.81. The molecule has 680 valence electrons. The molecule has 0 radical (unpaired) electrons. The summed E-state index contributed by atoms with van der Waals surface area (Å²) < 4.78 is 64.5. The molecule has 145 heavy (non-hydrogen) atoms. The number of para-hydroxylation sites is 20. The largest absolute Gasteiger partial charge is 0.458 e. The van der Waals surface area contributed by atoms with E-state index in [1.54, 1.807) is 0 Å². The van der Waals surface area contributed by atoms with Crippen LogP contribution in [0.3, 0.4) is 0 Å². The van der Waals surface area contributed by atoms with Gasteiger partial charge in [-0.3, -0.25) is 0 Å². The predicted molar refractivity (Wildman–Crippen MR) is 585 cm³/mol. The lowest BCUT2D eigenvalue weighted by atomic mass is 9.35. The molecule has 0 aliphatic carbocycles. The number of hydrogen-bond donors (Lipinski definition) is 0. The normalized spacial score (nSPS) is 13.4. The van der Waals surface area contributed by atoms with E-state index in [2.05, 4.69) is 347 Å². The predicted octanol–water partition coefficient (Wildman–Crippen LogP) is 25.9. The minimum Gasteiger partial charge on any atom is -0.458 e. The molecule has 0 aromatic heterocycles. The molecular weight excluding hydrogens is 1800 g/mol. The van der Waals surface area contributed by atoms with E-state index in [9.17, 15) is 0 Å². The van der Waals surface area contributed by atoms with E-state index in [0.29, 0.717) is 0 Å². The second kappa shape index (κ2) is 34.2. The highest BCUT2D eigenvalue weighted by molar-refractivity contribution is 7.99. The highest BCUT2D eigenvalue weighted by atomic mass is 32.2. The maximum atomic E-state index is 6.53. The Morgan fingerprint density at radius 1 is 0.159 bits per heavy atom. The molecule has 0 fully saturated rings. The molecule has 0 saturated carbocycles. The van der Waals surface area contributed by atoms with Crippen LogP contribution in [0, 0.1) is 0 Å². The molecule has 0 atom stereocenters. The summed E-state index contributed by atoms with van der Waals surface area (Å²) in [4.78, 5) is 11.5. The van der Waals surface area contributed by atoms with Gasteiger partial charge in [0.25, 0.3) is 26.9 Å². The summed E-state index contributed by atoms with van der Waals surface area (Å²) in [5.74, 6) is 17.1. The Kier molecular flexibility index (Phi) is 19.6. The maximum absolute atomic E-state index is 6.53. The third-order valence-electron chi connectivity index (χ3n) is 28.7. The molecule has 0 spiro atoms. The fraction of sp³-hybridized carbons (Fsp3) is 0. The van der Waals surface area contributed by atoms with E-state index in [4.69, 9.17) is 47.4 Å². The van der Waals surface area contributed by atoms with Crippen molar-refractivity contribution in [3.63, 3.8) is 0 Å². The fourth-order valence-corrected chi connectivity index (χ4v) is 23.5. The van der Waals surface area contributed by atoms with Crippen molar-refractivity contribution < 1.29 is 47.4 Å². The lowest BCUT2D eigenvalue weighted by Crippen LogP contribution is -2.57. The Hall–Kier alpha value is -18.6. The van der Waals surface area contributed by atoms with Gasteiger partial charge in [0.2, 0.25) is 0 Å². The van der Waals surface area contributed by atoms with E-state index >= 15 is 0 Å². The highest BCUT2D eigenvalue weighted by Gasteiger charge is 2.47. The number of fused-ring (bicyclic) bond motifs is 22. The molecule has 14 nitrogen and oxygen atoms in total. The number of benzene rings is 21. The van der Waals surface area contributed by atoms with Crippen LogP contribution >= 0.6 is 11.8 Å². The van der Waals surface area contributed by atoms with Crippen LogP contribution in [0.4, 0.5) is 68.2 Å². The zero-order valence-electron chi connectivity index (χ0n) is 77.6. The second-order valence-electron chi connectivity index (χ2n) is 37.0. The highest BCUT2D eigenvalue weighted by Crippen LogP contribution is 2.57. The van der Waals surface area contributed by atoms with Crippen molar-refractivity contribution in [3.8, 4) is 126 Å². The molecule has 11 aliphatic heterocycles. The van der Waals surface area contributed by atoms with E-state index in [-0.39, 0.29) is 26.9 Å². The monoisotopic (exact) mass is 1880 g/mol. The smallest absolute Gasteiger partial charge is 0.260 e. The van der Waals surface area contributed by atoms with Gasteiger partial charge in [-0.05, 0) is 225 Å². The van der Waals surface area contributed by atoms with Crippen molar-refractivity contribution in [1.82, 2.24) is 0 Å². The molecule has 0 bridgehead atoms. The van der Waals surface area contributed by atoms with Gasteiger partial charge in [0.05, 0.1) is 51.2 Å². The van der Waals surface area contributed by atoms with Crippen LogP contribution < -0.4 is 133 Å². The van der Waals surface area contributed by atoms with Gasteiger partial charge in [-0.2, -0.15) is 0 Å². The molecular formula is C126H78B4N4O10S. The van der Waals surface area contributed by atoms with Gasteiger partial charge in [0, 0.05) is 85.1 Å². The van der Waals surface area contributed by atoms with Crippen LogP contribution in [0.5, 0.6) is 115 Å². The minimum absolute atomic E-state index is 0.0632. The Morgan fingerprint density at radius 3 is 0.662 bits per heavy atom. The van der Waals surface area contributed by atoms with Crippen LogP contribution in [-0.4, -0.2) is 26.9 Å². The van der Waals surface area contributed by atoms with E-state index < -0.39 is 0 Å². The Morgan fingerprint density at radius 2 is 0.372 bits per heavy atom. The molecule has 21 aromatic carbocycles. The van der Waals surface area contributed by atoms with Crippen molar-refractivity contribution in [1.29, 1.82) is 0 Å². The number of nitrogens with zero attached hydrogens (tertiary/aromatic N) is 4. The maximum Gasteiger partial charge on any atom is 0.260 e. The number of rotatable bonds is 7. The molecule has 11 heterocycles. The van der Waals surface area contributed by atoms with Gasteiger partial charge < -0.3 is 67.0 Å². The average Bonchev–Trinajstić information content (AvgIpc) is 0.732. The van der Waals surface area contributed by atoms with Gasteiger partial charge in [-0.25, -0.2) is 0 Å². The standard InChI is InChI=1S/C36H22BNO3.C30H18BNO3.C30H18BNO2S.C30H20BNO2/c1-5-13-30-26(9-1)37-27-10-2-6-14-31(27)40-35-22-24(21-34(39-30)36(35)37)23-17-19-25(20-18-23)38-28-11-3-7-15-32(28)41-33-16-8-4-12-29(33)38;1-5-13-24-20(9-1)31-21-10-2-6-14-25(21)34-29-18-19(17-28(33-24)30(29)31)32-22-11-3-7-15-26(22)35-27-16-8-4-12-23(27)32;1-5-13-24-20(9-1)31-21-10-2-6-14-25(21)34-27-18-19(17-26(33-24)30(27)31)32-22-11-3-7-15-28(22)35-29-16-8-4-12-23(29)32;1-3-11-21(12-4-1)32(22-13-5-2-6-14-22)23-19-28-30-29(20-23)34-27-18-10-8-16-25(27)31(30)24-15-7-9-17-26(24)33-28/h1-22H;2*1-18H;1-20H. The molecule has 19 heteroatoms. The molecule has 11 aliphatic rings. The third kappa shape index (κ3) is 14.0. The first kappa shape index (κ1) is 83.4. The molecule has 0 amide bonds. The number of ether oxygens (including phenoxy) is 10. The van der Waals surface area contributed by atoms with Crippen molar-refractivity contribution >= 4 is 172 Å². The minimum atomic E-state index is 0.0632. The molecule has 0 N–H and O–H groups in total. The first-order valence-corrected chi connectivity index (χ1v) is 49.5. The van der Waals surface area contributed by atoms with Crippen molar-refractivity contribution in [2.75, 3.05) is 19.6 Å². The summed E-state index contributed by atoms with van der Waals surface area (Å²) in [5, 5.41) is 0. The Bertz CT molecular complexity index is 8180. The SMILES string of the molecule is c1ccc(N(c2ccccc2)c2cc3c4c(c2)Oc2ccccc2B4c2ccccc2O3)cc1.c1ccc2c(c1)Oc1cc(-c3ccc(N4c5ccccc5Oc5ccccc54)cc3)cc3c1B2c1ccccc1O3.c1ccc2c(c1)Oc1cc(N3c4ccccc4Oc4ccccc43)cc3c1B2c1ccccc1O3.c1ccc2c(c1)Oc1cc(N3c4ccccc4Sc4ccccc43)cc3c1B2c1ccccc1O3. The van der Waals surface area contributed by atoms with E-state index in [1.165, 1.54) is 42.6 Å². The zero-order chi connectivity index (χ0) is 95.3. The zero-order valence-corrected chi connectivity index (χ0v) is 78.4. The first-order chi connectivity index (χ1) is 71.9.